The molecule has 2 heterocycles. The Balaban J connectivity index is 2.81. The van der Waals surface area contributed by atoms with Crippen LogP contribution in [0.3, 0.4) is 0 Å². The van der Waals surface area contributed by atoms with E-state index >= 15 is 0 Å². The zero-order valence-electron chi connectivity index (χ0n) is 8.47. The Hall–Kier alpha value is -1.97. The Kier molecular flexibility index (Phi) is 2.33. The molecule has 0 atom stereocenters. The van der Waals surface area contributed by atoms with E-state index in [1.807, 2.05) is 13.0 Å². The molecule has 15 heavy (non-hydrogen) atoms. The van der Waals surface area contributed by atoms with Crippen LogP contribution in [0.15, 0.2) is 25.0 Å². The SMILES string of the molecule is C=CCc1ncnn2c(C)cc(C=O)c12. The molecule has 76 valence electrons. The van der Waals surface area contributed by atoms with E-state index in [1.165, 1.54) is 6.33 Å². The van der Waals surface area contributed by atoms with Crippen molar-refractivity contribution in [2.75, 3.05) is 0 Å². The maximum absolute atomic E-state index is 10.9. The molecule has 0 bridgehead atoms. The number of hydrogen-bond donors (Lipinski definition) is 0. The monoisotopic (exact) mass is 201 g/mol. The number of nitrogens with zero attached hydrogens (tertiary/aromatic N) is 3. The van der Waals surface area contributed by atoms with Crippen molar-refractivity contribution in [1.82, 2.24) is 14.6 Å². The van der Waals surface area contributed by atoms with Crippen LogP contribution in [0.2, 0.25) is 0 Å². The topological polar surface area (TPSA) is 47.3 Å². The Morgan fingerprint density at radius 1 is 1.60 bits per heavy atom. The van der Waals surface area contributed by atoms with Crippen LogP contribution >= 0.6 is 0 Å². The number of aromatic nitrogens is 3. The summed E-state index contributed by atoms with van der Waals surface area (Å²) in [7, 11) is 0. The quantitative estimate of drug-likeness (QED) is 0.559. The summed E-state index contributed by atoms with van der Waals surface area (Å²) in [4.78, 5) is 15.1. The van der Waals surface area contributed by atoms with E-state index in [4.69, 9.17) is 0 Å². The molecule has 0 unspecified atom stereocenters. The lowest BCUT2D eigenvalue weighted by Gasteiger charge is -2.01. The van der Waals surface area contributed by atoms with Crippen molar-refractivity contribution < 1.29 is 4.79 Å². The van der Waals surface area contributed by atoms with Gasteiger partial charge >= 0.3 is 0 Å². The van der Waals surface area contributed by atoms with Crippen LogP contribution in [0, 0.1) is 6.92 Å². The van der Waals surface area contributed by atoms with E-state index in [0.29, 0.717) is 12.0 Å². The molecule has 0 N–H and O–H groups in total. The van der Waals surface area contributed by atoms with Gasteiger partial charge in [-0.05, 0) is 13.0 Å². The summed E-state index contributed by atoms with van der Waals surface area (Å²) in [5, 5.41) is 4.10. The summed E-state index contributed by atoms with van der Waals surface area (Å²) < 4.78 is 1.73. The highest BCUT2D eigenvalue weighted by atomic mass is 16.1. The first-order valence-electron chi connectivity index (χ1n) is 4.66. The molecule has 0 aliphatic heterocycles. The summed E-state index contributed by atoms with van der Waals surface area (Å²) in [6.07, 6.45) is 4.72. The lowest BCUT2D eigenvalue weighted by molar-refractivity contribution is 0.112. The van der Waals surface area contributed by atoms with E-state index in [9.17, 15) is 4.79 Å². The van der Waals surface area contributed by atoms with E-state index in [0.717, 1.165) is 23.2 Å². The van der Waals surface area contributed by atoms with Gasteiger partial charge in [-0.25, -0.2) is 9.50 Å². The second-order valence-corrected chi connectivity index (χ2v) is 3.32. The van der Waals surface area contributed by atoms with Gasteiger partial charge in [0.2, 0.25) is 0 Å². The van der Waals surface area contributed by atoms with Crippen LogP contribution in [0.1, 0.15) is 21.7 Å². The van der Waals surface area contributed by atoms with Gasteiger partial charge in [0.15, 0.2) is 6.29 Å². The van der Waals surface area contributed by atoms with Gasteiger partial charge in [-0.15, -0.1) is 6.58 Å². The third-order valence-corrected chi connectivity index (χ3v) is 2.30. The highest BCUT2D eigenvalue weighted by Gasteiger charge is 2.10. The third kappa shape index (κ3) is 1.44. The fourth-order valence-corrected chi connectivity index (χ4v) is 1.68. The Bertz CT molecular complexity index is 528. The summed E-state index contributed by atoms with van der Waals surface area (Å²) in [6.45, 7) is 5.57. The fourth-order valence-electron chi connectivity index (χ4n) is 1.68. The highest BCUT2D eigenvalue weighted by molar-refractivity contribution is 5.88. The largest absolute Gasteiger partial charge is 0.298 e. The molecule has 0 aromatic carbocycles. The number of carbonyl (C=O) groups excluding carboxylic acids is 1. The van der Waals surface area contributed by atoms with Crippen molar-refractivity contribution in [3.63, 3.8) is 0 Å². The Labute approximate surface area is 87.3 Å². The molecule has 0 radical (unpaired) electrons. The second-order valence-electron chi connectivity index (χ2n) is 3.32. The summed E-state index contributed by atoms with van der Waals surface area (Å²) >= 11 is 0. The molecule has 0 saturated carbocycles. The van der Waals surface area contributed by atoms with Crippen LogP contribution in [0.5, 0.6) is 0 Å². The van der Waals surface area contributed by atoms with Crippen molar-refractivity contribution in [2.24, 2.45) is 0 Å². The summed E-state index contributed by atoms with van der Waals surface area (Å²) in [6, 6.07) is 1.81. The molecule has 0 aliphatic rings. The van der Waals surface area contributed by atoms with Gasteiger partial charge in [0.1, 0.15) is 6.33 Å². The minimum absolute atomic E-state index is 0.630. The Morgan fingerprint density at radius 3 is 3.07 bits per heavy atom. The molecular weight excluding hydrogens is 190 g/mol. The first-order valence-corrected chi connectivity index (χ1v) is 4.66. The average Bonchev–Trinajstić information content (AvgIpc) is 2.58. The third-order valence-electron chi connectivity index (χ3n) is 2.30. The number of aryl methyl sites for hydroxylation is 1. The smallest absolute Gasteiger partial charge is 0.152 e. The molecule has 0 fully saturated rings. The van der Waals surface area contributed by atoms with E-state index in [1.54, 1.807) is 10.6 Å². The molecule has 2 rings (SSSR count). The van der Waals surface area contributed by atoms with Crippen LogP contribution < -0.4 is 0 Å². The standard InChI is InChI=1S/C11H11N3O/c1-3-4-10-11-9(6-15)5-8(2)14(11)13-7-12-10/h3,5-7H,1,4H2,2H3. The van der Waals surface area contributed by atoms with E-state index in [-0.39, 0.29) is 0 Å². The lowest BCUT2D eigenvalue weighted by Crippen LogP contribution is -2.00. The first kappa shape index (κ1) is 9.58. The van der Waals surface area contributed by atoms with Gasteiger partial charge in [0.25, 0.3) is 0 Å². The zero-order chi connectivity index (χ0) is 10.8. The van der Waals surface area contributed by atoms with Crippen LogP contribution in [0.4, 0.5) is 0 Å². The van der Waals surface area contributed by atoms with E-state index in [2.05, 4.69) is 16.7 Å². The van der Waals surface area contributed by atoms with Gasteiger partial charge in [-0.3, -0.25) is 4.79 Å². The number of allylic oxidation sites excluding steroid dienone is 1. The van der Waals surface area contributed by atoms with Crippen molar-refractivity contribution in [3.8, 4) is 0 Å². The molecule has 4 nitrogen and oxygen atoms in total. The molecule has 2 aromatic rings. The first-order chi connectivity index (χ1) is 7.27. The number of aldehydes is 1. The van der Waals surface area contributed by atoms with Crippen molar-refractivity contribution in [3.05, 3.63) is 42.0 Å². The predicted octanol–water partition coefficient (Wildman–Crippen LogP) is 1.58. The number of fused-ring (bicyclic) bond motifs is 1. The number of carbonyl (C=O) groups is 1. The summed E-state index contributed by atoms with van der Waals surface area (Å²) in [5.41, 5.74) is 3.17. The fraction of sp³-hybridized carbons (Fsp3) is 0.182. The van der Waals surface area contributed by atoms with Gasteiger partial charge in [-0.2, -0.15) is 5.10 Å². The molecule has 0 amide bonds. The zero-order valence-corrected chi connectivity index (χ0v) is 8.47. The second kappa shape index (κ2) is 3.65. The van der Waals surface area contributed by atoms with Crippen molar-refractivity contribution in [2.45, 2.75) is 13.3 Å². The normalized spacial score (nSPS) is 10.5. The molecular formula is C11H11N3O. The van der Waals surface area contributed by atoms with Gasteiger partial charge in [0.05, 0.1) is 11.2 Å². The Morgan fingerprint density at radius 2 is 2.40 bits per heavy atom. The molecule has 0 saturated heterocycles. The average molecular weight is 201 g/mol. The summed E-state index contributed by atoms with van der Waals surface area (Å²) in [5.74, 6) is 0. The minimum atomic E-state index is 0.630. The van der Waals surface area contributed by atoms with Crippen LogP contribution in [-0.4, -0.2) is 20.9 Å². The van der Waals surface area contributed by atoms with Crippen LogP contribution in [-0.2, 0) is 6.42 Å². The number of hydrogen-bond acceptors (Lipinski definition) is 3. The molecule has 0 spiro atoms. The highest BCUT2D eigenvalue weighted by Crippen LogP contribution is 2.16. The predicted molar refractivity (Wildman–Crippen MR) is 57.0 cm³/mol. The lowest BCUT2D eigenvalue weighted by atomic mass is 10.2. The maximum Gasteiger partial charge on any atom is 0.152 e. The molecule has 2 aromatic heterocycles. The number of rotatable bonds is 3. The van der Waals surface area contributed by atoms with Crippen molar-refractivity contribution >= 4 is 11.8 Å². The van der Waals surface area contributed by atoms with E-state index < -0.39 is 0 Å². The minimum Gasteiger partial charge on any atom is -0.298 e. The molecule has 4 heteroatoms. The van der Waals surface area contributed by atoms with Gasteiger partial charge in [-0.1, -0.05) is 6.08 Å². The van der Waals surface area contributed by atoms with Crippen LogP contribution in [0.25, 0.3) is 5.52 Å². The maximum atomic E-state index is 10.9. The van der Waals surface area contributed by atoms with Crippen molar-refractivity contribution in [1.29, 1.82) is 0 Å². The molecule has 0 aliphatic carbocycles. The van der Waals surface area contributed by atoms with Gasteiger partial charge in [0, 0.05) is 17.7 Å². The van der Waals surface area contributed by atoms with Gasteiger partial charge < -0.3 is 0 Å².